The van der Waals surface area contributed by atoms with Crippen molar-refractivity contribution in [3.63, 3.8) is 0 Å². The van der Waals surface area contributed by atoms with Crippen LogP contribution in [0.15, 0.2) is 12.1 Å². The molecule has 0 spiro atoms. The van der Waals surface area contributed by atoms with Crippen LogP contribution in [0.25, 0.3) is 0 Å². The Labute approximate surface area is 123 Å². The van der Waals surface area contributed by atoms with Crippen LogP contribution >= 0.6 is 11.6 Å². The lowest BCUT2D eigenvalue weighted by Gasteiger charge is -2.22. The summed E-state index contributed by atoms with van der Waals surface area (Å²) in [5.74, 6) is 0.0671. The minimum Gasteiger partial charge on any atom is -0.373 e. The fourth-order valence-corrected chi connectivity index (χ4v) is 1.79. The normalized spacial score (nSPS) is 10.8. The van der Waals surface area contributed by atoms with Gasteiger partial charge in [0.15, 0.2) is 0 Å². The monoisotopic (exact) mass is 298 g/mol. The van der Waals surface area contributed by atoms with Crippen LogP contribution in [0.4, 0.5) is 5.82 Å². The Hall–Kier alpha value is -1.82. The van der Waals surface area contributed by atoms with Gasteiger partial charge in [0.05, 0.1) is 5.41 Å². The molecule has 1 rings (SSSR count). The highest BCUT2D eigenvalue weighted by Crippen LogP contribution is 2.16. The number of pyridine rings is 1. The number of hydrogen-bond donors (Lipinski definition) is 3. The number of carbonyl (C=O) groups excluding carboxylic acids is 2. The maximum Gasteiger partial charge on any atom is 0.251 e. The van der Waals surface area contributed by atoms with Crippen molar-refractivity contribution >= 4 is 29.2 Å². The number of anilines is 1. The average Bonchev–Trinajstić information content (AvgIpc) is 2.42. The summed E-state index contributed by atoms with van der Waals surface area (Å²) in [6.07, 6.45) is 0. The first-order chi connectivity index (χ1) is 9.30. The molecular weight excluding hydrogens is 280 g/mol. The summed E-state index contributed by atoms with van der Waals surface area (Å²) in [5, 5.41) is 8.34. The Morgan fingerprint density at radius 1 is 1.30 bits per heavy atom. The van der Waals surface area contributed by atoms with E-state index in [4.69, 9.17) is 11.6 Å². The molecule has 1 aromatic rings. The highest BCUT2D eigenvalue weighted by molar-refractivity contribution is 6.29. The van der Waals surface area contributed by atoms with Gasteiger partial charge in [-0.05, 0) is 26.0 Å². The fourth-order valence-electron chi connectivity index (χ4n) is 1.58. The molecule has 0 saturated heterocycles. The molecular formula is C13H19ClN4O2. The molecule has 2 amide bonds. The maximum absolute atomic E-state index is 12.1. The second kappa shape index (κ2) is 6.56. The summed E-state index contributed by atoms with van der Waals surface area (Å²) in [6.45, 7) is 3.73. The topological polar surface area (TPSA) is 83.1 Å². The quantitative estimate of drug-likeness (QED) is 0.715. The van der Waals surface area contributed by atoms with Crippen molar-refractivity contribution in [1.29, 1.82) is 0 Å². The van der Waals surface area contributed by atoms with Crippen LogP contribution in [0, 0.1) is 5.41 Å². The van der Waals surface area contributed by atoms with Crippen molar-refractivity contribution in [1.82, 2.24) is 15.6 Å². The van der Waals surface area contributed by atoms with Crippen LogP contribution in [0.5, 0.6) is 0 Å². The van der Waals surface area contributed by atoms with Crippen LogP contribution < -0.4 is 16.0 Å². The number of hydrogen-bond acceptors (Lipinski definition) is 4. The molecule has 0 fully saturated rings. The number of nitrogens with one attached hydrogen (secondary N) is 3. The van der Waals surface area contributed by atoms with Gasteiger partial charge in [0.25, 0.3) is 5.91 Å². The van der Waals surface area contributed by atoms with E-state index in [0.29, 0.717) is 11.4 Å². The summed E-state index contributed by atoms with van der Waals surface area (Å²) >= 11 is 5.84. The summed E-state index contributed by atoms with van der Waals surface area (Å²) in [5.41, 5.74) is -0.297. The molecule has 0 aromatic carbocycles. The van der Waals surface area contributed by atoms with Gasteiger partial charge in [-0.1, -0.05) is 11.6 Å². The van der Waals surface area contributed by atoms with Gasteiger partial charge in [-0.15, -0.1) is 0 Å². The van der Waals surface area contributed by atoms with Gasteiger partial charge in [0.2, 0.25) is 5.91 Å². The molecule has 0 saturated carbocycles. The molecule has 20 heavy (non-hydrogen) atoms. The minimum atomic E-state index is -0.687. The lowest BCUT2D eigenvalue weighted by molar-refractivity contribution is -0.128. The van der Waals surface area contributed by atoms with Gasteiger partial charge in [0, 0.05) is 26.2 Å². The Kier molecular flexibility index (Phi) is 5.33. The maximum atomic E-state index is 12.1. The third kappa shape index (κ3) is 4.09. The van der Waals surface area contributed by atoms with Crippen molar-refractivity contribution in [3.05, 3.63) is 22.8 Å². The Morgan fingerprint density at radius 3 is 2.50 bits per heavy atom. The molecule has 0 aliphatic carbocycles. The zero-order valence-corrected chi connectivity index (χ0v) is 12.8. The van der Waals surface area contributed by atoms with Crippen molar-refractivity contribution in [2.75, 3.05) is 26.0 Å². The predicted molar refractivity (Wildman–Crippen MR) is 79.0 cm³/mol. The third-order valence-corrected chi connectivity index (χ3v) is 3.04. The molecule has 0 unspecified atom stereocenters. The number of amides is 2. The number of rotatable bonds is 5. The van der Waals surface area contributed by atoms with E-state index in [-0.39, 0.29) is 23.5 Å². The first-order valence-corrected chi connectivity index (χ1v) is 6.53. The zero-order chi connectivity index (χ0) is 15.3. The largest absolute Gasteiger partial charge is 0.373 e. The Balaban J connectivity index is 2.77. The standard InChI is InChI=1S/C13H19ClN4O2/c1-13(2,12(20)16-4)7-17-11(19)8-5-9(14)18-10(6-8)15-3/h5-6H,7H2,1-4H3,(H,15,18)(H,16,20)(H,17,19). The van der Waals surface area contributed by atoms with Crippen molar-refractivity contribution < 1.29 is 9.59 Å². The molecule has 3 N–H and O–H groups in total. The second-order valence-corrected chi connectivity index (χ2v) is 5.35. The Morgan fingerprint density at radius 2 is 1.95 bits per heavy atom. The molecule has 1 heterocycles. The minimum absolute atomic E-state index is 0.138. The molecule has 0 aliphatic rings. The molecule has 6 nitrogen and oxygen atoms in total. The van der Waals surface area contributed by atoms with Crippen molar-refractivity contribution in [3.8, 4) is 0 Å². The van der Waals surface area contributed by atoms with Gasteiger partial charge in [-0.25, -0.2) is 4.98 Å². The van der Waals surface area contributed by atoms with E-state index in [2.05, 4.69) is 20.9 Å². The molecule has 0 radical (unpaired) electrons. The molecule has 1 aromatic heterocycles. The molecule has 0 bridgehead atoms. The van der Waals surface area contributed by atoms with Crippen LogP contribution in [-0.4, -0.2) is 37.4 Å². The zero-order valence-electron chi connectivity index (χ0n) is 12.0. The van der Waals surface area contributed by atoms with Crippen LogP contribution in [0.3, 0.4) is 0 Å². The summed E-state index contributed by atoms with van der Waals surface area (Å²) in [7, 11) is 3.25. The van der Waals surface area contributed by atoms with Crippen molar-refractivity contribution in [2.45, 2.75) is 13.8 Å². The van der Waals surface area contributed by atoms with Gasteiger partial charge < -0.3 is 16.0 Å². The van der Waals surface area contributed by atoms with Gasteiger partial charge in [-0.2, -0.15) is 0 Å². The molecule has 0 aliphatic heterocycles. The predicted octanol–water partition coefficient (Wildman–Crippen LogP) is 1.28. The van der Waals surface area contributed by atoms with E-state index in [1.165, 1.54) is 6.07 Å². The van der Waals surface area contributed by atoms with E-state index in [1.54, 1.807) is 34.0 Å². The summed E-state index contributed by atoms with van der Waals surface area (Å²) in [6, 6.07) is 3.07. The SMILES string of the molecule is CNC(=O)C(C)(C)CNC(=O)c1cc(Cl)nc(NC)c1. The van der Waals surface area contributed by atoms with E-state index in [1.807, 2.05) is 0 Å². The average molecular weight is 299 g/mol. The lowest BCUT2D eigenvalue weighted by atomic mass is 9.92. The smallest absolute Gasteiger partial charge is 0.251 e. The number of nitrogens with zero attached hydrogens (tertiary/aromatic N) is 1. The molecule has 7 heteroatoms. The van der Waals surface area contributed by atoms with Gasteiger partial charge >= 0.3 is 0 Å². The third-order valence-electron chi connectivity index (χ3n) is 2.85. The first-order valence-electron chi connectivity index (χ1n) is 6.16. The lowest BCUT2D eigenvalue weighted by Crippen LogP contribution is -2.43. The van der Waals surface area contributed by atoms with Crippen LogP contribution in [0.1, 0.15) is 24.2 Å². The summed E-state index contributed by atoms with van der Waals surface area (Å²) in [4.78, 5) is 27.7. The van der Waals surface area contributed by atoms with E-state index < -0.39 is 5.41 Å². The summed E-state index contributed by atoms with van der Waals surface area (Å²) < 4.78 is 0. The Bertz CT molecular complexity index is 517. The molecule has 110 valence electrons. The fraction of sp³-hybridized carbons (Fsp3) is 0.462. The van der Waals surface area contributed by atoms with Gasteiger partial charge in [-0.3, -0.25) is 9.59 Å². The molecule has 0 atom stereocenters. The van der Waals surface area contributed by atoms with Crippen molar-refractivity contribution in [2.24, 2.45) is 5.41 Å². The number of halogens is 1. The highest BCUT2D eigenvalue weighted by Gasteiger charge is 2.27. The van der Waals surface area contributed by atoms with E-state index in [9.17, 15) is 9.59 Å². The van der Waals surface area contributed by atoms with Crippen LogP contribution in [0.2, 0.25) is 5.15 Å². The second-order valence-electron chi connectivity index (χ2n) is 4.96. The highest BCUT2D eigenvalue weighted by atomic mass is 35.5. The van der Waals surface area contributed by atoms with E-state index in [0.717, 1.165) is 0 Å². The van der Waals surface area contributed by atoms with Gasteiger partial charge in [0.1, 0.15) is 11.0 Å². The van der Waals surface area contributed by atoms with Crippen LogP contribution in [-0.2, 0) is 4.79 Å². The number of carbonyl (C=O) groups is 2. The first kappa shape index (κ1) is 16.2. The van der Waals surface area contributed by atoms with E-state index >= 15 is 0 Å². The number of aromatic nitrogens is 1.